The first-order valence-electron chi connectivity index (χ1n) is 5.66. The number of carbonyl (C=O) groups is 2. The van der Waals surface area contributed by atoms with Crippen molar-refractivity contribution in [2.45, 2.75) is 32.0 Å². The molecule has 0 spiro atoms. The summed E-state index contributed by atoms with van der Waals surface area (Å²) in [5.41, 5.74) is -1.76. The predicted molar refractivity (Wildman–Crippen MR) is 72.7 cm³/mol. The number of rotatable bonds is 7. The monoisotopic (exact) mass is 299 g/mol. The van der Waals surface area contributed by atoms with E-state index in [1.54, 1.807) is 0 Å². The van der Waals surface area contributed by atoms with Gasteiger partial charge < -0.3 is 18.9 Å². The SMILES string of the molecule is C=C(C)C(=O)OC([Si])(OC(=O)C(=C)C)C(C)(OC)OC. The van der Waals surface area contributed by atoms with Gasteiger partial charge in [-0.15, -0.1) is 0 Å². The predicted octanol–water partition coefficient (Wildman–Crippen LogP) is 1.06. The van der Waals surface area contributed by atoms with E-state index in [-0.39, 0.29) is 11.1 Å². The summed E-state index contributed by atoms with van der Waals surface area (Å²) in [6.45, 7) is 11.2. The molecule has 0 bridgehead atoms. The average molecular weight is 299 g/mol. The lowest BCUT2D eigenvalue weighted by Gasteiger charge is -2.41. The Hall–Kier alpha value is -1.44. The van der Waals surface area contributed by atoms with E-state index in [1.165, 1.54) is 35.0 Å². The van der Waals surface area contributed by atoms with Crippen LogP contribution in [0.5, 0.6) is 0 Å². The standard InChI is InChI=1S/C13H19O6Si/c1-8(2)10(14)18-13(20,12(5,16-6)17-7)19-11(15)9(3)4/h1,3H2,2,4-7H3. The molecule has 0 N–H and O–H groups in total. The Kier molecular flexibility index (Phi) is 6.33. The molecule has 3 radical (unpaired) electrons. The van der Waals surface area contributed by atoms with Crippen LogP contribution in [-0.2, 0) is 28.5 Å². The molecular formula is C13H19O6Si. The molecule has 0 aromatic rings. The van der Waals surface area contributed by atoms with Crippen LogP contribution in [0.15, 0.2) is 24.3 Å². The Morgan fingerprint density at radius 3 is 1.45 bits per heavy atom. The number of methoxy groups -OCH3 is 2. The third-order valence-electron chi connectivity index (χ3n) is 2.55. The van der Waals surface area contributed by atoms with Gasteiger partial charge in [0.2, 0.25) is 5.79 Å². The van der Waals surface area contributed by atoms with Gasteiger partial charge in [0, 0.05) is 25.4 Å². The van der Waals surface area contributed by atoms with E-state index < -0.39 is 23.1 Å². The van der Waals surface area contributed by atoms with Crippen molar-refractivity contribution in [3.05, 3.63) is 24.3 Å². The molecule has 0 atom stereocenters. The summed E-state index contributed by atoms with van der Waals surface area (Å²) in [6, 6.07) is 0. The van der Waals surface area contributed by atoms with Gasteiger partial charge in [-0.2, -0.15) is 0 Å². The summed E-state index contributed by atoms with van der Waals surface area (Å²) in [5, 5.41) is 0. The Labute approximate surface area is 122 Å². The molecule has 0 aliphatic rings. The van der Waals surface area contributed by atoms with Gasteiger partial charge in [-0.1, -0.05) is 13.2 Å². The molecule has 6 nitrogen and oxygen atoms in total. The number of esters is 2. The van der Waals surface area contributed by atoms with Crippen molar-refractivity contribution in [1.82, 2.24) is 0 Å². The highest BCUT2D eigenvalue weighted by molar-refractivity contribution is 6.16. The molecule has 20 heavy (non-hydrogen) atoms. The van der Waals surface area contributed by atoms with Gasteiger partial charge in [-0.25, -0.2) is 9.59 Å². The van der Waals surface area contributed by atoms with Gasteiger partial charge in [0.05, 0.1) is 0 Å². The zero-order valence-corrected chi connectivity index (χ0v) is 13.4. The van der Waals surface area contributed by atoms with Gasteiger partial charge in [0.25, 0.3) is 5.41 Å². The molecule has 0 saturated heterocycles. The van der Waals surface area contributed by atoms with Crippen molar-refractivity contribution in [3.63, 3.8) is 0 Å². The first-order valence-corrected chi connectivity index (χ1v) is 6.16. The second-order valence-electron chi connectivity index (χ2n) is 4.31. The highest BCUT2D eigenvalue weighted by Gasteiger charge is 2.53. The Balaban J connectivity index is 5.54. The molecular weight excluding hydrogens is 280 g/mol. The molecule has 0 saturated carbocycles. The van der Waals surface area contributed by atoms with E-state index in [9.17, 15) is 9.59 Å². The summed E-state index contributed by atoms with van der Waals surface area (Å²) in [7, 11) is 5.72. The Bertz CT molecular complexity index is 397. The van der Waals surface area contributed by atoms with Crippen LogP contribution in [0.3, 0.4) is 0 Å². The first-order chi connectivity index (χ1) is 9.03. The summed E-state index contributed by atoms with van der Waals surface area (Å²) in [5.74, 6) is -3.15. The molecule has 0 heterocycles. The van der Waals surface area contributed by atoms with E-state index >= 15 is 0 Å². The van der Waals surface area contributed by atoms with Gasteiger partial charge in [-0.05, 0) is 20.8 Å². The number of carbonyl (C=O) groups excluding carboxylic acids is 2. The van der Waals surface area contributed by atoms with Crippen LogP contribution in [0.25, 0.3) is 0 Å². The summed E-state index contributed by atoms with van der Waals surface area (Å²) in [6.07, 6.45) is 0. The van der Waals surface area contributed by atoms with E-state index in [0.29, 0.717) is 0 Å². The third-order valence-corrected chi connectivity index (χ3v) is 3.20. The van der Waals surface area contributed by atoms with Crippen molar-refractivity contribution in [2.24, 2.45) is 0 Å². The van der Waals surface area contributed by atoms with Crippen molar-refractivity contribution >= 4 is 22.2 Å². The second kappa shape index (κ2) is 6.82. The lowest BCUT2D eigenvalue weighted by Crippen LogP contribution is -2.60. The van der Waals surface area contributed by atoms with Crippen LogP contribution in [0.1, 0.15) is 20.8 Å². The lowest BCUT2D eigenvalue weighted by molar-refractivity contribution is -0.331. The van der Waals surface area contributed by atoms with Crippen molar-refractivity contribution in [2.75, 3.05) is 14.2 Å². The number of hydrogen-bond acceptors (Lipinski definition) is 6. The van der Waals surface area contributed by atoms with Gasteiger partial charge in [-0.3, -0.25) is 0 Å². The van der Waals surface area contributed by atoms with Gasteiger partial charge in [0.1, 0.15) is 0 Å². The molecule has 0 fully saturated rings. The van der Waals surface area contributed by atoms with Crippen LogP contribution in [0.2, 0.25) is 0 Å². The van der Waals surface area contributed by atoms with Crippen LogP contribution in [0, 0.1) is 0 Å². The Morgan fingerprint density at radius 2 is 1.25 bits per heavy atom. The van der Waals surface area contributed by atoms with E-state index in [0.717, 1.165) is 0 Å². The minimum atomic E-state index is -2.00. The zero-order chi connectivity index (χ0) is 16.1. The maximum absolute atomic E-state index is 11.7. The first kappa shape index (κ1) is 18.6. The molecule has 7 heteroatoms. The molecule has 0 unspecified atom stereocenters. The second-order valence-corrected chi connectivity index (χ2v) is 4.97. The largest absolute Gasteiger partial charge is 0.419 e. The molecule has 0 aliphatic carbocycles. The Morgan fingerprint density at radius 1 is 0.950 bits per heavy atom. The quantitative estimate of drug-likeness (QED) is 0.303. The number of hydrogen-bond donors (Lipinski definition) is 0. The normalized spacial score (nSPS) is 11.7. The fourth-order valence-electron chi connectivity index (χ4n) is 0.994. The summed E-state index contributed by atoms with van der Waals surface area (Å²) in [4.78, 5) is 23.4. The van der Waals surface area contributed by atoms with Crippen molar-refractivity contribution in [1.29, 1.82) is 0 Å². The third kappa shape index (κ3) is 4.02. The summed E-state index contributed by atoms with van der Waals surface area (Å²) >= 11 is 0. The van der Waals surface area contributed by atoms with Gasteiger partial charge >= 0.3 is 11.9 Å². The van der Waals surface area contributed by atoms with Crippen LogP contribution in [-0.4, -0.2) is 47.6 Å². The van der Waals surface area contributed by atoms with E-state index in [2.05, 4.69) is 23.4 Å². The molecule has 111 valence electrons. The van der Waals surface area contributed by atoms with Crippen LogP contribution < -0.4 is 0 Å². The molecule has 0 rings (SSSR count). The lowest BCUT2D eigenvalue weighted by atomic mass is 10.2. The topological polar surface area (TPSA) is 71.1 Å². The fraction of sp³-hybridized carbons (Fsp3) is 0.538. The maximum Gasteiger partial charge on any atom is 0.336 e. The molecule has 0 amide bonds. The van der Waals surface area contributed by atoms with E-state index in [4.69, 9.17) is 18.9 Å². The maximum atomic E-state index is 11.7. The van der Waals surface area contributed by atoms with Crippen LogP contribution in [0.4, 0.5) is 0 Å². The minimum absolute atomic E-state index is 0.119. The van der Waals surface area contributed by atoms with Crippen molar-refractivity contribution in [3.8, 4) is 0 Å². The minimum Gasteiger partial charge on any atom is -0.419 e. The van der Waals surface area contributed by atoms with Crippen LogP contribution >= 0.6 is 0 Å². The zero-order valence-electron chi connectivity index (χ0n) is 12.4. The molecule has 0 aliphatic heterocycles. The highest BCUT2D eigenvalue weighted by atomic mass is 28.1. The van der Waals surface area contributed by atoms with E-state index in [1.807, 2.05) is 0 Å². The number of ether oxygens (including phenoxy) is 4. The van der Waals surface area contributed by atoms with Crippen molar-refractivity contribution < 1.29 is 28.5 Å². The molecule has 0 aromatic heterocycles. The van der Waals surface area contributed by atoms with Gasteiger partial charge in [0.15, 0.2) is 10.2 Å². The smallest absolute Gasteiger partial charge is 0.336 e. The molecule has 0 aromatic carbocycles. The average Bonchev–Trinajstić information content (AvgIpc) is 2.36. The highest BCUT2D eigenvalue weighted by Crippen LogP contribution is 2.30. The summed E-state index contributed by atoms with van der Waals surface area (Å²) < 4.78 is 20.5. The fourth-order valence-corrected chi connectivity index (χ4v) is 1.38.